The topological polar surface area (TPSA) is 25.2 Å². The van der Waals surface area contributed by atoms with Crippen molar-refractivity contribution < 1.29 is 4.79 Å². The summed E-state index contributed by atoms with van der Waals surface area (Å²) in [6.45, 7) is 3.82. The zero-order valence-electron chi connectivity index (χ0n) is 18.0. The molecule has 1 aromatic heterocycles. The zero-order chi connectivity index (χ0) is 20.1. The summed E-state index contributed by atoms with van der Waals surface area (Å²) in [6.07, 6.45) is 14.3. The van der Waals surface area contributed by atoms with Gasteiger partial charge in [0.1, 0.15) is 0 Å². The number of aromatic nitrogens is 1. The van der Waals surface area contributed by atoms with Crippen LogP contribution in [0, 0.1) is 12.8 Å². The first-order valence-electron chi connectivity index (χ1n) is 11.7. The van der Waals surface area contributed by atoms with Gasteiger partial charge in [0, 0.05) is 30.4 Å². The number of hydrogen-bond donors (Lipinski definition) is 0. The molecule has 1 aromatic carbocycles. The van der Waals surface area contributed by atoms with Crippen molar-refractivity contribution in [2.24, 2.45) is 5.92 Å². The van der Waals surface area contributed by atoms with Crippen molar-refractivity contribution in [3.63, 3.8) is 0 Å². The van der Waals surface area contributed by atoms with Gasteiger partial charge in [-0.3, -0.25) is 4.79 Å². The lowest BCUT2D eigenvalue weighted by atomic mass is 9.86. The van der Waals surface area contributed by atoms with Crippen LogP contribution in [0.4, 0.5) is 0 Å². The monoisotopic (exact) mass is 392 g/mol. The maximum atomic E-state index is 13.6. The zero-order valence-corrected chi connectivity index (χ0v) is 18.0. The molecule has 4 rings (SSSR count). The average molecular weight is 393 g/mol. The summed E-state index contributed by atoms with van der Waals surface area (Å²) in [5.41, 5.74) is 3.95. The van der Waals surface area contributed by atoms with Crippen LogP contribution < -0.4 is 0 Å². The Kier molecular flexibility index (Phi) is 6.74. The van der Waals surface area contributed by atoms with E-state index < -0.39 is 0 Å². The van der Waals surface area contributed by atoms with Crippen molar-refractivity contribution in [2.75, 3.05) is 0 Å². The van der Waals surface area contributed by atoms with Crippen LogP contribution in [0.2, 0.25) is 0 Å². The van der Waals surface area contributed by atoms with Crippen LogP contribution in [0.5, 0.6) is 0 Å². The van der Waals surface area contributed by atoms with E-state index in [4.69, 9.17) is 0 Å². The van der Waals surface area contributed by atoms with Crippen molar-refractivity contribution >= 4 is 5.91 Å². The van der Waals surface area contributed by atoms with Crippen molar-refractivity contribution in [3.05, 3.63) is 59.4 Å². The fraction of sp³-hybridized carbons (Fsp3) is 0.577. The van der Waals surface area contributed by atoms with E-state index in [1.54, 1.807) is 0 Å². The minimum Gasteiger partial charge on any atom is -0.345 e. The van der Waals surface area contributed by atoms with Crippen molar-refractivity contribution in [1.82, 2.24) is 9.47 Å². The van der Waals surface area contributed by atoms with Crippen LogP contribution in [-0.4, -0.2) is 21.4 Å². The molecule has 2 saturated carbocycles. The van der Waals surface area contributed by atoms with Gasteiger partial charge in [-0.1, -0.05) is 62.8 Å². The van der Waals surface area contributed by atoms with E-state index in [0.29, 0.717) is 11.9 Å². The molecule has 0 spiro atoms. The molecular weight excluding hydrogens is 356 g/mol. The lowest BCUT2D eigenvalue weighted by Crippen LogP contribution is -2.44. The number of aryl methyl sites for hydroxylation is 1. The molecule has 0 radical (unpaired) electrons. The molecule has 3 nitrogen and oxygen atoms in total. The van der Waals surface area contributed by atoms with Gasteiger partial charge in [0.2, 0.25) is 5.91 Å². The number of amides is 1. The fourth-order valence-electron chi connectivity index (χ4n) is 5.26. The van der Waals surface area contributed by atoms with Crippen LogP contribution in [0.15, 0.2) is 42.6 Å². The second kappa shape index (κ2) is 9.65. The van der Waals surface area contributed by atoms with Gasteiger partial charge in [0.05, 0.1) is 6.54 Å². The van der Waals surface area contributed by atoms with Crippen molar-refractivity contribution in [3.8, 4) is 0 Å². The van der Waals surface area contributed by atoms with Crippen LogP contribution in [0.3, 0.4) is 0 Å². The highest BCUT2D eigenvalue weighted by molar-refractivity contribution is 5.79. The number of carbonyl (C=O) groups excluding carboxylic acids is 1. The quantitative estimate of drug-likeness (QED) is 0.584. The van der Waals surface area contributed by atoms with Gasteiger partial charge in [0.15, 0.2) is 0 Å². The van der Waals surface area contributed by atoms with E-state index in [1.165, 1.54) is 68.2 Å². The molecule has 29 heavy (non-hydrogen) atoms. The Balaban J connectivity index is 1.54. The third kappa shape index (κ3) is 4.94. The molecule has 3 heteroatoms. The van der Waals surface area contributed by atoms with Gasteiger partial charge in [-0.15, -0.1) is 0 Å². The van der Waals surface area contributed by atoms with Gasteiger partial charge in [0.25, 0.3) is 0 Å². The Labute approximate surface area is 176 Å². The Bertz CT molecular complexity index is 797. The molecule has 1 heterocycles. The highest BCUT2D eigenvalue weighted by Gasteiger charge is 2.31. The lowest BCUT2D eigenvalue weighted by Gasteiger charge is -2.37. The van der Waals surface area contributed by atoms with E-state index in [2.05, 4.69) is 59.0 Å². The number of benzene rings is 1. The Morgan fingerprint density at radius 1 is 0.931 bits per heavy atom. The Hall–Kier alpha value is -2.03. The summed E-state index contributed by atoms with van der Waals surface area (Å²) in [5, 5.41) is 0. The molecular formula is C26H36N2O. The third-order valence-electron chi connectivity index (χ3n) is 7.11. The first-order chi connectivity index (χ1) is 14.2. The molecule has 2 aliphatic rings. The first kappa shape index (κ1) is 20.3. The smallest absolute Gasteiger partial charge is 0.226 e. The highest BCUT2D eigenvalue weighted by Crippen LogP contribution is 2.30. The standard InChI is InChI=1S/C26H36N2O/c1-21-11-8-9-14-23(21)19-27-18-10-17-25(27)20-28(24-15-6-3-7-16-24)26(29)22-12-4-2-5-13-22/h8-11,14,17-18,22,24H,2-7,12-13,15-16,19-20H2,1H3. The molecule has 2 aromatic rings. The molecule has 1 amide bonds. The first-order valence-corrected chi connectivity index (χ1v) is 11.7. The summed E-state index contributed by atoms with van der Waals surface area (Å²) in [7, 11) is 0. The molecule has 2 fully saturated rings. The minimum atomic E-state index is 0.255. The van der Waals surface area contributed by atoms with Crippen LogP contribution in [-0.2, 0) is 17.9 Å². The highest BCUT2D eigenvalue weighted by atomic mass is 16.2. The molecule has 0 atom stereocenters. The predicted octanol–water partition coefficient (Wildman–Crippen LogP) is 6.09. The summed E-state index contributed by atoms with van der Waals surface area (Å²) in [4.78, 5) is 15.8. The van der Waals surface area contributed by atoms with E-state index >= 15 is 0 Å². The number of nitrogens with zero attached hydrogens (tertiary/aromatic N) is 2. The molecule has 0 unspecified atom stereocenters. The predicted molar refractivity (Wildman–Crippen MR) is 119 cm³/mol. The van der Waals surface area contributed by atoms with Crippen LogP contribution in [0.1, 0.15) is 81.0 Å². The maximum Gasteiger partial charge on any atom is 0.226 e. The molecule has 0 aliphatic heterocycles. The van der Waals surface area contributed by atoms with E-state index in [1.807, 2.05) is 0 Å². The largest absolute Gasteiger partial charge is 0.345 e. The molecule has 0 N–H and O–H groups in total. The van der Waals surface area contributed by atoms with E-state index in [9.17, 15) is 4.79 Å². The summed E-state index contributed by atoms with van der Waals surface area (Å²) >= 11 is 0. The SMILES string of the molecule is Cc1ccccc1Cn1cccc1CN(C(=O)C1CCCCC1)C1CCCCC1. The molecule has 0 saturated heterocycles. The summed E-state index contributed by atoms with van der Waals surface area (Å²) in [5.74, 6) is 0.686. The summed E-state index contributed by atoms with van der Waals surface area (Å²) < 4.78 is 2.34. The molecule has 156 valence electrons. The number of hydrogen-bond acceptors (Lipinski definition) is 1. The maximum absolute atomic E-state index is 13.6. The Morgan fingerprint density at radius 2 is 1.62 bits per heavy atom. The van der Waals surface area contributed by atoms with Crippen LogP contribution in [0.25, 0.3) is 0 Å². The normalized spacial score (nSPS) is 18.7. The van der Waals surface area contributed by atoms with Gasteiger partial charge >= 0.3 is 0 Å². The van der Waals surface area contributed by atoms with Crippen LogP contribution >= 0.6 is 0 Å². The third-order valence-corrected chi connectivity index (χ3v) is 7.11. The fourth-order valence-corrected chi connectivity index (χ4v) is 5.26. The second-order valence-corrected chi connectivity index (χ2v) is 9.15. The Morgan fingerprint density at radius 3 is 2.34 bits per heavy atom. The molecule has 2 aliphatic carbocycles. The lowest BCUT2D eigenvalue weighted by molar-refractivity contribution is -0.140. The average Bonchev–Trinajstić information content (AvgIpc) is 3.21. The summed E-state index contributed by atoms with van der Waals surface area (Å²) in [6, 6.07) is 13.4. The van der Waals surface area contributed by atoms with E-state index in [-0.39, 0.29) is 5.92 Å². The minimum absolute atomic E-state index is 0.255. The van der Waals surface area contributed by atoms with E-state index in [0.717, 1.165) is 25.9 Å². The van der Waals surface area contributed by atoms with Gasteiger partial charge < -0.3 is 9.47 Å². The van der Waals surface area contributed by atoms with Gasteiger partial charge in [-0.05, 0) is 55.9 Å². The van der Waals surface area contributed by atoms with Gasteiger partial charge in [-0.25, -0.2) is 0 Å². The van der Waals surface area contributed by atoms with Crippen molar-refractivity contribution in [1.29, 1.82) is 0 Å². The number of rotatable bonds is 6. The van der Waals surface area contributed by atoms with Gasteiger partial charge in [-0.2, -0.15) is 0 Å². The number of carbonyl (C=O) groups is 1. The van der Waals surface area contributed by atoms with Crippen molar-refractivity contribution in [2.45, 2.75) is 90.3 Å². The molecule has 0 bridgehead atoms. The second-order valence-electron chi connectivity index (χ2n) is 9.15.